The number of phenols is 1. The molecule has 0 aliphatic heterocycles. The van der Waals surface area contributed by atoms with Gasteiger partial charge in [0.15, 0.2) is 5.82 Å². The maximum Gasteiger partial charge on any atom is 0.156 e. The molecule has 0 bridgehead atoms. The van der Waals surface area contributed by atoms with E-state index in [1.165, 1.54) is 38.8 Å². The first kappa shape index (κ1) is 25.5. The van der Waals surface area contributed by atoms with Crippen LogP contribution < -0.4 is 5.32 Å². The molecule has 0 unspecified atom stereocenters. The van der Waals surface area contributed by atoms with Crippen molar-refractivity contribution in [1.82, 2.24) is 19.6 Å². The van der Waals surface area contributed by atoms with Crippen molar-refractivity contribution in [3.8, 4) is 5.75 Å². The number of phenolic OH excluding ortho intramolecular Hbond substituents is 1. The Kier molecular flexibility index (Phi) is 11.8. The molecule has 2 rings (SSSR count). The standard InChI is InChI=1S/C25H45N5O/c1-5-9-16-29(17-10-6-2)18-11-15-26-25-23-21-22(31)13-14-24(23)30(27-25)20-12-19-28(7-3)8-4/h13-14,21,31H,5-12,15-20H2,1-4H3,(H,26,27). The molecule has 2 aromatic rings. The lowest BCUT2D eigenvalue weighted by atomic mass is 10.2. The fourth-order valence-corrected chi connectivity index (χ4v) is 4.06. The topological polar surface area (TPSA) is 56.6 Å². The lowest BCUT2D eigenvalue weighted by Crippen LogP contribution is -2.28. The predicted molar refractivity (Wildman–Crippen MR) is 133 cm³/mol. The molecule has 0 saturated heterocycles. The van der Waals surface area contributed by atoms with Gasteiger partial charge in [-0.05, 0) is 83.2 Å². The number of hydrogen-bond acceptors (Lipinski definition) is 5. The van der Waals surface area contributed by atoms with Crippen LogP contribution in [0.25, 0.3) is 10.9 Å². The Hall–Kier alpha value is -1.79. The van der Waals surface area contributed by atoms with E-state index in [2.05, 4.69) is 47.5 Å². The summed E-state index contributed by atoms with van der Waals surface area (Å²) >= 11 is 0. The number of hydrogen-bond donors (Lipinski definition) is 2. The first-order valence-electron chi connectivity index (χ1n) is 12.5. The highest BCUT2D eigenvalue weighted by Crippen LogP contribution is 2.27. The van der Waals surface area contributed by atoms with Gasteiger partial charge in [-0.2, -0.15) is 5.10 Å². The number of aromatic nitrogens is 2. The fourth-order valence-electron chi connectivity index (χ4n) is 4.06. The van der Waals surface area contributed by atoms with Gasteiger partial charge < -0.3 is 20.2 Å². The average Bonchev–Trinajstić information content (AvgIpc) is 3.12. The van der Waals surface area contributed by atoms with Gasteiger partial charge in [-0.3, -0.25) is 4.68 Å². The van der Waals surface area contributed by atoms with E-state index in [1.54, 1.807) is 6.07 Å². The minimum atomic E-state index is 0.295. The summed E-state index contributed by atoms with van der Waals surface area (Å²) in [5, 5.41) is 19.4. The summed E-state index contributed by atoms with van der Waals surface area (Å²) in [5.74, 6) is 1.19. The highest BCUT2D eigenvalue weighted by molar-refractivity contribution is 5.91. The molecule has 1 heterocycles. The molecule has 0 saturated carbocycles. The van der Waals surface area contributed by atoms with Crippen LogP contribution in [-0.4, -0.2) is 70.5 Å². The molecule has 6 nitrogen and oxygen atoms in total. The van der Waals surface area contributed by atoms with Crippen molar-refractivity contribution in [2.24, 2.45) is 0 Å². The van der Waals surface area contributed by atoms with E-state index in [4.69, 9.17) is 5.10 Å². The van der Waals surface area contributed by atoms with Crippen LogP contribution in [0.2, 0.25) is 0 Å². The Morgan fingerprint density at radius 3 is 2.16 bits per heavy atom. The number of aromatic hydroxyl groups is 1. The molecular formula is C25H45N5O. The third-order valence-corrected chi connectivity index (χ3v) is 6.07. The van der Waals surface area contributed by atoms with Crippen molar-refractivity contribution in [3.63, 3.8) is 0 Å². The van der Waals surface area contributed by atoms with Crippen LogP contribution in [-0.2, 0) is 6.54 Å². The van der Waals surface area contributed by atoms with Crippen LogP contribution >= 0.6 is 0 Å². The van der Waals surface area contributed by atoms with Gasteiger partial charge in [0.2, 0.25) is 0 Å². The van der Waals surface area contributed by atoms with Crippen LogP contribution in [0.4, 0.5) is 5.82 Å². The number of unbranched alkanes of at least 4 members (excludes halogenated alkanes) is 2. The summed E-state index contributed by atoms with van der Waals surface area (Å²) < 4.78 is 2.09. The highest BCUT2D eigenvalue weighted by atomic mass is 16.3. The van der Waals surface area contributed by atoms with E-state index in [-0.39, 0.29) is 0 Å². The second kappa shape index (κ2) is 14.3. The zero-order valence-electron chi connectivity index (χ0n) is 20.4. The number of anilines is 1. The largest absolute Gasteiger partial charge is 0.508 e. The van der Waals surface area contributed by atoms with Crippen molar-refractivity contribution in [2.75, 3.05) is 51.1 Å². The van der Waals surface area contributed by atoms with Gasteiger partial charge in [0, 0.05) is 18.5 Å². The Morgan fingerprint density at radius 1 is 0.871 bits per heavy atom. The fraction of sp³-hybridized carbons (Fsp3) is 0.720. The zero-order valence-corrected chi connectivity index (χ0v) is 20.4. The highest BCUT2D eigenvalue weighted by Gasteiger charge is 2.12. The maximum absolute atomic E-state index is 10.0. The molecule has 0 amide bonds. The maximum atomic E-state index is 10.0. The number of nitrogens with zero attached hydrogens (tertiary/aromatic N) is 4. The number of aryl methyl sites for hydroxylation is 1. The lowest BCUT2D eigenvalue weighted by molar-refractivity contribution is 0.264. The monoisotopic (exact) mass is 431 g/mol. The van der Waals surface area contributed by atoms with Crippen molar-refractivity contribution < 1.29 is 5.11 Å². The molecule has 0 aliphatic rings. The smallest absolute Gasteiger partial charge is 0.156 e. The molecule has 176 valence electrons. The molecule has 0 fully saturated rings. The third-order valence-electron chi connectivity index (χ3n) is 6.07. The zero-order chi connectivity index (χ0) is 22.5. The SMILES string of the molecule is CCCCN(CCCC)CCCNc1nn(CCCN(CC)CC)c2ccc(O)cc12. The van der Waals surface area contributed by atoms with Crippen molar-refractivity contribution in [3.05, 3.63) is 18.2 Å². The third kappa shape index (κ3) is 8.34. The Labute approximate surface area is 189 Å². The van der Waals surface area contributed by atoms with E-state index in [1.807, 2.05) is 12.1 Å². The van der Waals surface area contributed by atoms with Crippen LogP contribution in [0.15, 0.2) is 18.2 Å². The second-order valence-electron chi connectivity index (χ2n) is 8.48. The number of fused-ring (bicyclic) bond motifs is 1. The molecule has 31 heavy (non-hydrogen) atoms. The van der Waals surface area contributed by atoms with E-state index in [0.29, 0.717) is 5.75 Å². The summed E-state index contributed by atoms with van der Waals surface area (Å²) in [6.07, 6.45) is 7.23. The molecule has 0 radical (unpaired) electrons. The molecule has 1 aromatic heterocycles. The second-order valence-corrected chi connectivity index (χ2v) is 8.48. The van der Waals surface area contributed by atoms with E-state index in [0.717, 1.165) is 68.8 Å². The summed E-state index contributed by atoms with van der Waals surface area (Å²) in [5.41, 5.74) is 1.09. The molecule has 6 heteroatoms. The summed E-state index contributed by atoms with van der Waals surface area (Å²) in [7, 11) is 0. The minimum absolute atomic E-state index is 0.295. The molecule has 0 spiro atoms. The van der Waals surface area contributed by atoms with Crippen LogP contribution in [0, 0.1) is 0 Å². The van der Waals surface area contributed by atoms with E-state index >= 15 is 0 Å². The van der Waals surface area contributed by atoms with Crippen molar-refractivity contribution in [1.29, 1.82) is 0 Å². The van der Waals surface area contributed by atoms with Gasteiger partial charge in [-0.1, -0.05) is 40.5 Å². The van der Waals surface area contributed by atoms with Gasteiger partial charge in [0.1, 0.15) is 5.75 Å². The predicted octanol–water partition coefficient (Wildman–Crippen LogP) is 5.18. The Morgan fingerprint density at radius 2 is 1.52 bits per heavy atom. The van der Waals surface area contributed by atoms with Crippen molar-refractivity contribution in [2.45, 2.75) is 72.8 Å². The summed E-state index contributed by atoms with van der Waals surface area (Å²) in [6.45, 7) is 17.5. The molecule has 1 aromatic carbocycles. The van der Waals surface area contributed by atoms with Gasteiger partial charge in [0.05, 0.1) is 5.52 Å². The number of benzene rings is 1. The normalized spacial score (nSPS) is 11.8. The first-order valence-corrected chi connectivity index (χ1v) is 12.5. The van der Waals surface area contributed by atoms with Crippen LogP contribution in [0.3, 0.4) is 0 Å². The van der Waals surface area contributed by atoms with Gasteiger partial charge in [0.25, 0.3) is 0 Å². The number of nitrogens with one attached hydrogen (secondary N) is 1. The van der Waals surface area contributed by atoms with Crippen LogP contribution in [0.5, 0.6) is 5.75 Å². The molecule has 0 atom stereocenters. The number of rotatable bonds is 17. The van der Waals surface area contributed by atoms with Crippen molar-refractivity contribution >= 4 is 16.7 Å². The van der Waals surface area contributed by atoms with E-state index < -0.39 is 0 Å². The minimum Gasteiger partial charge on any atom is -0.508 e. The van der Waals surface area contributed by atoms with Gasteiger partial charge in [-0.25, -0.2) is 0 Å². The first-order chi connectivity index (χ1) is 15.1. The Balaban J connectivity index is 1.95. The van der Waals surface area contributed by atoms with Gasteiger partial charge >= 0.3 is 0 Å². The summed E-state index contributed by atoms with van der Waals surface area (Å²) in [4.78, 5) is 5.05. The average molecular weight is 432 g/mol. The Bertz CT molecular complexity index is 733. The molecular weight excluding hydrogens is 386 g/mol. The molecule has 2 N–H and O–H groups in total. The van der Waals surface area contributed by atoms with Gasteiger partial charge in [-0.15, -0.1) is 0 Å². The molecule has 0 aliphatic carbocycles. The summed E-state index contributed by atoms with van der Waals surface area (Å²) in [6, 6.07) is 5.58. The van der Waals surface area contributed by atoms with Crippen LogP contribution in [0.1, 0.15) is 66.2 Å². The lowest BCUT2D eigenvalue weighted by Gasteiger charge is -2.21. The quantitative estimate of drug-likeness (QED) is 0.338. The van der Waals surface area contributed by atoms with E-state index in [9.17, 15) is 5.11 Å².